The van der Waals surface area contributed by atoms with Gasteiger partial charge in [-0.25, -0.2) is 9.59 Å². The first kappa shape index (κ1) is 23.9. The van der Waals surface area contributed by atoms with Gasteiger partial charge in [-0.15, -0.1) is 4.91 Å². The number of hydrogen-bond donors (Lipinski definition) is 1. The zero-order valence-corrected chi connectivity index (χ0v) is 16.9. The van der Waals surface area contributed by atoms with Crippen molar-refractivity contribution in [3.63, 3.8) is 0 Å². The number of unbranched alkanes of at least 4 members (excludes halogenated alkanes) is 1. The number of nitrogens with zero attached hydrogens (tertiary/aromatic N) is 1. The molecule has 0 bridgehead atoms. The van der Waals surface area contributed by atoms with E-state index < -0.39 is 23.7 Å². The third kappa shape index (κ3) is 9.54. The molecule has 0 spiro atoms. The van der Waals surface area contributed by atoms with Gasteiger partial charge in [-0.3, -0.25) is 4.79 Å². The second kappa shape index (κ2) is 11.6. The predicted molar refractivity (Wildman–Crippen MR) is 103 cm³/mol. The maximum absolute atomic E-state index is 12.3. The number of carbonyl (C=O) groups excluding carboxylic acids is 3. The van der Waals surface area contributed by atoms with Crippen LogP contribution in [0.25, 0.3) is 0 Å². The standard InChI is InChI=1S/C19H26N2O8/c1-13(20-18(24)29-19(2,3)4)17(23)28-16-11-14(12-22)7-8-15(16)26-9-5-6-10-27-21-25/h7-8,11-13H,5-6,9-10H2,1-4H3,(H,20,24). The zero-order valence-electron chi connectivity index (χ0n) is 16.9. The minimum Gasteiger partial charge on any atom is -0.490 e. The summed E-state index contributed by atoms with van der Waals surface area (Å²) in [5.74, 6) is -0.458. The Hall–Kier alpha value is -3.17. The van der Waals surface area contributed by atoms with Gasteiger partial charge in [-0.05, 0) is 58.7 Å². The van der Waals surface area contributed by atoms with E-state index in [0.717, 1.165) is 0 Å². The molecule has 1 N–H and O–H groups in total. The number of hydrogen-bond acceptors (Lipinski definition) is 9. The van der Waals surface area contributed by atoms with Gasteiger partial charge in [0.15, 0.2) is 16.8 Å². The molecule has 1 amide bonds. The molecule has 1 aromatic carbocycles. The van der Waals surface area contributed by atoms with Crippen molar-refractivity contribution in [1.82, 2.24) is 5.32 Å². The summed E-state index contributed by atoms with van der Waals surface area (Å²) in [5.41, 5.74) is -0.418. The summed E-state index contributed by atoms with van der Waals surface area (Å²) in [6.07, 6.45) is 0.957. The van der Waals surface area contributed by atoms with Crippen LogP contribution in [0.2, 0.25) is 0 Å². The van der Waals surface area contributed by atoms with Crippen LogP contribution in [-0.4, -0.2) is 43.2 Å². The van der Waals surface area contributed by atoms with E-state index in [9.17, 15) is 19.3 Å². The Morgan fingerprint density at radius 1 is 1.17 bits per heavy atom. The highest BCUT2D eigenvalue weighted by Gasteiger charge is 2.23. The van der Waals surface area contributed by atoms with Crippen LogP contribution in [-0.2, 0) is 14.4 Å². The maximum Gasteiger partial charge on any atom is 0.408 e. The van der Waals surface area contributed by atoms with Crippen LogP contribution in [0.5, 0.6) is 11.5 Å². The Bertz CT molecular complexity index is 715. The lowest BCUT2D eigenvalue weighted by Crippen LogP contribution is -2.43. The Morgan fingerprint density at radius 2 is 1.86 bits per heavy atom. The average Bonchev–Trinajstić information content (AvgIpc) is 2.63. The second-order valence-corrected chi connectivity index (χ2v) is 7.08. The van der Waals surface area contributed by atoms with Gasteiger partial charge in [0.05, 0.1) is 6.61 Å². The Kier molecular flexibility index (Phi) is 9.57. The first-order chi connectivity index (χ1) is 13.7. The van der Waals surface area contributed by atoms with E-state index in [1.165, 1.54) is 25.1 Å². The van der Waals surface area contributed by atoms with E-state index in [1.54, 1.807) is 20.8 Å². The number of esters is 1. The average molecular weight is 410 g/mol. The smallest absolute Gasteiger partial charge is 0.408 e. The van der Waals surface area contributed by atoms with Crippen LogP contribution in [0.15, 0.2) is 23.5 Å². The summed E-state index contributed by atoms with van der Waals surface area (Å²) >= 11 is 0. The highest BCUT2D eigenvalue weighted by atomic mass is 16.7. The third-order valence-corrected chi connectivity index (χ3v) is 3.34. The van der Waals surface area contributed by atoms with Crippen molar-refractivity contribution in [2.75, 3.05) is 13.2 Å². The fraction of sp³-hybridized carbons (Fsp3) is 0.526. The predicted octanol–water partition coefficient (Wildman–Crippen LogP) is 3.17. The summed E-state index contributed by atoms with van der Waals surface area (Å²) in [4.78, 5) is 49.3. The minimum atomic E-state index is -0.995. The molecular formula is C19H26N2O8. The van der Waals surface area contributed by atoms with Crippen molar-refractivity contribution in [1.29, 1.82) is 0 Å². The van der Waals surface area contributed by atoms with Crippen molar-refractivity contribution in [3.8, 4) is 11.5 Å². The Balaban J connectivity index is 2.71. The molecule has 0 saturated heterocycles. The van der Waals surface area contributed by atoms with E-state index in [-0.39, 0.29) is 24.7 Å². The lowest BCUT2D eigenvalue weighted by Gasteiger charge is -2.21. The highest BCUT2D eigenvalue weighted by molar-refractivity contribution is 5.84. The number of amides is 1. The zero-order chi connectivity index (χ0) is 21.9. The summed E-state index contributed by atoms with van der Waals surface area (Å²) < 4.78 is 16.0. The molecular weight excluding hydrogens is 384 g/mol. The van der Waals surface area contributed by atoms with Crippen molar-refractivity contribution < 1.29 is 33.4 Å². The monoisotopic (exact) mass is 410 g/mol. The molecule has 0 saturated carbocycles. The lowest BCUT2D eigenvalue weighted by atomic mass is 10.2. The molecule has 160 valence electrons. The number of carbonyl (C=O) groups is 3. The molecule has 1 atom stereocenters. The molecule has 0 aromatic heterocycles. The Morgan fingerprint density at radius 3 is 2.48 bits per heavy atom. The van der Waals surface area contributed by atoms with Crippen molar-refractivity contribution in [2.45, 2.75) is 52.2 Å². The molecule has 0 aliphatic heterocycles. The second-order valence-electron chi connectivity index (χ2n) is 7.08. The largest absolute Gasteiger partial charge is 0.490 e. The molecule has 0 fully saturated rings. The quantitative estimate of drug-likeness (QED) is 0.147. The van der Waals surface area contributed by atoms with Gasteiger partial charge >= 0.3 is 12.1 Å². The van der Waals surface area contributed by atoms with Gasteiger partial charge in [-0.1, -0.05) is 0 Å². The van der Waals surface area contributed by atoms with Gasteiger partial charge in [-0.2, -0.15) is 0 Å². The molecule has 0 heterocycles. The number of rotatable bonds is 11. The van der Waals surface area contributed by atoms with E-state index >= 15 is 0 Å². The van der Waals surface area contributed by atoms with Gasteiger partial charge in [0.2, 0.25) is 0 Å². The topological polar surface area (TPSA) is 130 Å². The number of nitrogens with one attached hydrogen (secondary N) is 1. The van der Waals surface area contributed by atoms with Crippen molar-refractivity contribution in [3.05, 3.63) is 28.7 Å². The van der Waals surface area contributed by atoms with E-state index in [4.69, 9.17) is 14.2 Å². The minimum absolute atomic E-state index is 0.0447. The summed E-state index contributed by atoms with van der Waals surface area (Å²) in [5, 5.41) is 4.68. The number of alkyl carbamates (subject to hydrolysis) is 1. The fourth-order valence-corrected chi connectivity index (χ4v) is 2.03. The van der Waals surface area contributed by atoms with E-state index in [0.29, 0.717) is 24.7 Å². The van der Waals surface area contributed by atoms with Crippen molar-refractivity contribution >= 4 is 18.3 Å². The fourth-order valence-electron chi connectivity index (χ4n) is 2.03. The number of aldehydes is 1. The highest BCUT2D eigenvalue weighted by Crippen LogP contribution is 2.28. The third-order valence-electron chi connectivity index (χ3n) is 3.34. The van der Waals surface area contributed by atoms with E-state index in [1.807, 2.05) is 0 Å². The first-order valence-electron chi connectivity index (χ1n) is 9.04. The molecule has 1 aromatic rings. The molecule has 1 rings (SSSR count). The van der Waals surface area contributed by atoms with E-state index in [2.05, 4.69) is 15.5 Å². The molecule has 1 unspecified atom stereocenters. The van der Waals surface area contributed by atoms with Gasteiger partial charge in [0, 0.05) is 5.56 Å². The van der Waals surface area contributed by atoms with Gasteiger partial charge in [0.1, 0.15) is 24.5 Å². The normalized spacial score (nSPS) is 11.7. The molecule has 29 heavy (non-hydrogen) atoms. The maximum atomic E-state index is 12.3. The molecule has 10 nitrogen and oxygen atoms in total. The van der Waals surface area contributed by atoms with Gasteiger partial charge < -0.3 is 24.4 Å². The van der Waals surface area contributed by atoms with Gasteiger partial charge in [0.25, 0.3) is 0 Å². The van der Waals surface area contributed by atoms with Crippen molar-refractivity contribution in [2.24, 2.45) is 5.34 Å². The summed E-state index contributed by atoms with van der Waals surface area (Å²) in [7, 11) is 0. The molecule has 0 aliphatic carbocycles. The molecule has 0 radical (unpaired) electrons. The molecule has 0 aliphatic rings. The summed E-state index contributed by atoms with van der Waals surface area (Å²) in [6, 6.07) is 3.38. The van der Waals surface area contributed by atoms with Crippen LogP contribution in [0.4, 0.5) is 4.79 Å². The van der Waals surface area contributed by atoms with Crippen LogP contribution >= 0.6 is 0 Å². The SMILES string of the molecule is CC(NC(=O)OC(C)(C)C)C(=O)Oc1cc(C=O)ccc1OCCCCON=O. The lowest BCUT2D eigenvalue weighted by molar-refractivity contribution is -0.136. The first-order valence-corrected chi connectivity index (χ1v) is 9.04. The van der Waals surface area contributed by atoms with Crippen LogP contribution < -0.4 is 14.8 Å². The van der Waals surface area contributed by atoms with Crippen LogP contribution in [0.1, 0.15) is 50.9 Å². The number of benzene rings is 1. The Labute approximate surface area is 168 Å². The summed E-state index contributed by atoms with van der Waals surface area (Å²) in [6.45, 7) is 6.98. The molecule has 10 heteroatoms. The number of ether oxygens (including phenoxy) is 3. The van der Waals surface area contributed by atoms with Crippen LogP contribution in [0.3, 0.4) is 0 Å². The van der Waals surface area contributed by atoms with Crippen LogP contribution in [0, 0.1) is 4.91 Å².